The predicted octanol–water partition coefficient (Wildman–Crippen LogP) is 2.27. The van der Waals surface area contributed by atoms with Crippen molar-refractivity contribution in [3.05, 3.63) is 29.8 Å². The number of phenolic OH excluding ortho intramolecular Hbond substituents is 1. The summed E-state index contributed by atoms with van der Waals surface area (Å²) in [7, 11) is 0. The Morgan fingerprint density at radius 2 is 2.00 bits per heavy atom. The number of phenols is 1. The van der Waals surface area contributed by atoms with E-state index >= 15 is 0 Å². The first kappa shape index (κ1) is 10.1. The maximum atomic E-state index is 9.56. The van der Waals surface area contributed by atoms with E-state index < -0.39 is 0 Å². The Kier molecular flexibility index (Phi) is 3.77. The molecule has 1 unspecified atom stereocenters. The third-order valence-electron chi connectivity index (χ3n) is 2.35. The highest BCUT2D eigenvalue weighted by Gasteiger charge is 2.11. The number of aromatic hydroxyl groups is 1. The van der Waals surface area contributed by atoms with Crippen molar-refractivity contribution in [2.24, 2.45) is 0 Å². The highest BCUT2D eigenvalue weighted by molar-refractivity contribution is 5.34. The molecule has 0 heterocycles. The van der Waals surface area contributed by atoms with Gasteiger partial charge in [-0.15, -0.1) is 0 Å². The van der Waals surface area contributed by atoms with Crippen LogP contribution < -0.4 is 0 Å². The molecule has 1 aromatic rings. The summed E-state index contributed by atoms with van der Waals surface area (Å²) in [5.41, 5.74) is 0.944. The molecule has 0 bridgehead atoms. The molecule has 2 heteroatoms. The van der Waals surface area contributed by atoms with Gasteiger partial charge in [-0.2, -0.15) is 0 Å². The van der Waals surface area contributed by atoms with Crippen molar-refractivity contribution in [3.63, 3.8) is 0 Å². The summed E-state index contributed by atoms with van der Waals surface area (Å²) >= 11 is 0. The van der Waals surface area contributed by atoms with Crippen LogP contribution in [0.3, 0.4) is 0 Å². The fraction of sp³-hybridized carbons (Fsp3) is 0.455. The van der Waals surface area contributed by atoms with E-state index in [1.807, 2.05) is 18.2 Å². The second-order valence-electron chi connectivity index (χ2n) is 3.18. The molecule has 0 radical (unpaired) electrons. The van der Waals surface area contributed by atoms with Crippen molar-refractivity contribution in [1.82, 2.24) is 0 Å². The lowest BCUT2D eigenvalue weighted by atomic mass is 9.93. The lowest BCUT2D eigenvalue weighted by Crippen LogP contribution is -2.00. The summed E-state index contributed by atoms with van der Waals surface area (Å²) in [4.78, 5) is 0. The fourth-order valence-corrected chi connectivity index (χ4v) is 1.57. The minimum atomic E-state index is 0.173. The summed E-state index contributed by atoms with van der Waals surface area (Å²) < 4.78 is 0. The second kappa shape index (κ2) is 4.87. The van der Waals surface area contributed by atoms with E-state index in [0.29, 0.717) is 12.2 Å². The number of aliphatic hydroxyl groups is 1. The first-order chi connectivity index (χ1) is 6.29. The van der Waals surface area contributed by atoms with Crippen molar-refractivity contribution < 1.29 is 10.2 Å². The van der Waals surface area contributed by atoms with Gasteiger partial charge in [0.1, 0.15) is 5.75 Å². The second-order valence-corrected chi connectivity index (χ2v) is 3.18. The zero-order valence-corrected chi connectivity index (χ0v) is 7.90. The molecule has 0 fully saturated rings. The SMILES string of the molecule is CCC(CCO)c1ccccc1O. The lowest BCUT2D eigenvalue weighted by molar-refractivity contribution is 0.273. The molecule has 1 atom stereocenters. The number of aliphatic hydroxyl groups excluding tert-OH is 1. The van der Waals surface area contributed by atoms with Crippen LogP contribution in [0.25, 0.3) is 0 Å². The standard InChI is InChI=1S/C11H16O2/c1-2-9(7-8-12)10-5-3-4-6-11(10)13/h3-6,9,12-13H,2,7-8H2,1H3. The van der Waals surface area contributed by atoms with Crippen LogP contribution in [0.5, 0.6) is 5.75 Å². The molecular weight excluding hydrogens is 164 g/mol. The maximum Gasteiger partial charge on any atom is 0.119 e. The van der Waals surface area contributed by atoms with Crippen LogP contribution in [0.15, 0.2) is 24.3 Å². The van der Waals surface area contributed by atoms with Gasteiger partial charge in [-0.05, 0) is 30.4 Å². The number of hydrogen-bond acceptors (Lipinski definition) is 2. The average molecular weight is 180 g/mol. The van der Waals surface area contributed by atoms with Crippen molar-refractivity contribution in [1.29, 1.82) is 0 Å². The highest BCUT2D eigenvalue weighted by atomic mass is 16.3. The van der Waals surface area contributed by atoms with Crippen LogP contribution in [0.1, 0.15) is 31.2 Å². The molecule has 0 aromatic heterocycles. The number of para-hydroxylation sites is 1. The number of benzene rings is 1. The van der Waals surface area contributed by atoms with Gasteiger partial charge in [-0.25, -0.2) is 0 Å². The summed E-state index contributed by atoms with van der Waals surface area (Å²) in [6, 6.07) is 7.33. The first-order valence-corrected chi connectivity index (χ1v) is 4.68. The maximum absolute atomic E-state index is 9.56. The van der Waals surface area contributed by atoms with Crippen molar-refractivity contribution >= 4 is 0 Å². The van der Waals surface area contributed by atoms with Crippen LogP contribution in [0, 0.1) is 0 Å². The Morgan fingerprint density at radius 3 is 2.54 bits per heavy atom. The predicted molar refractivity (Wildman–Crippen MR) is 52.8 cm³/mol. The molecule has 72 valence electrons. The van der Waals surface area contributed by atoms with Crippen molar-refractivity contribution in [2.45, 2.75) is 25.7 Å². The molecule has 0 aliphatic rings. The van der Waals surface area contributed by atoms with Crippen LogP contribution in [0.2, 0.25) is 0 Å². The molecule has 0 spiro atoms. The Morgan fingerprint density at radius 1 is 1.31 bits per heavy atom. The van der Waals surface area contributed by atoms with Crippen LogP contribution >= 0.6 is 0 Å². The fourth-order valence-electron chi connectivity index (χ4n) is 1.57. The zero-order chi connectivity index (χ0) is 9.68. The third kappa shape index (κ3) is 2.46. The Bertz CT molecular complexity index is 258. The van der Waals surface area contributed by atoms with Gasteiger partial charge in [0.15, 0.2) is 0 Å². The minimum absolute atomic E-state index is 0.173. The Hall–Kier alpha value is -1.02. The quantitative estimate of drug-likeness (QED) is 0.746. The van der Waals surface area contributed by atoms with Gasteiger partial charge in [0.25, 0.3) is 0 Å². The van der Waals surface area contributed by atoms with Gasteiger partial charge in [-0.3, -0.25) is 0 Å². The van der Waals surface area contributed by atoms with E-state index in [2.05, 4.69) is 6.92 Å². The molecule has 0 amide bonds. The molecule has 2 nitrogen and oxygen atoms in total. The average Bonchev–Trinajstić information content (AvgIpc) is 2.16. The van der Waals surface area contributed by atoms with Gasteiger partial charge in [0.2, 0.25) is 0 Å². The number of rotatable bonds is 4. The topological polar surface area (TPSA) is 40.5 Å². The summed E-state index contributed by atoms with van der Waals surface area (Å²) in [5, 5.41) is 18.4. The smallest absolute Gasteiger partial charge is 0.119 e. The van der Waals surface area contributed by atoms with E-state index in [4.69, 9.17) is 5.11 Å². The third-order valence-corrected chi connectivity index (χ3v) is 2.35. The summed E-state index contributed by atoms with van der Waals surface area (Å²) in [6.07, 6.45) is 1.66. The summed E-state index contributed by atoms with van der Waals surface area (Å²) in [6.45, 7) is 2.24. The van der Waals surface area contributed by atoms with Gasteiger partial charge in [-0.1, -0.05) is 25.1 Å². The molecular formula is C11H16O2. The van der Waals surface area contributed by atoms with E-state index in [1.165, 1.54) is 0 Å². The lowest BCUT2D eigenvalue weighted by Gasteiger charge is -2.14. The monoisotopic (exact) mass is 180 g/mol. The Balaban J connectivity index is 2.84. The summed E-state index contributed by atoms with van der Waals surface area (Å²) in [5.74, 6) is 0.606. The minimum Gasteiger partial charge on any atom is -0.508 e. The normalized spacial score (nSPS) is 12.8. The number of hydrogen-bond donors (Lipinski definition) is 2. The zero-order valence-electron chi connectivity index (χ0n) is 7.90. The molecule has 0 saturated carbocycles. The van der Waals surface area contributed by atoms with E-state index in [0.717, 1.165) is 12.0 Å². The van der Waals surface area contributed by atoms with E-state index in [9.17, 15) is 5.11 Å². The highest BCUT2D eigenvalue weighted by Crippen LogP contribution is 2.29. The largest absolute Gasteiger partial charge is 0.508 e. The van der Waals surface area contributed by atoms with Gasteiger partial charge < -0.3 is 10.2 Å². The van der Waals surface area contributed by atoms with Crippen molar-refractivity contribution in [2.75, 3.05) is 6.61 Å². The van der Waals surface area contributed by atoms with Gasteiger partial charge in [0.05, 0.1) is 0 Å². The van der Waals surface area contributed by atoms with Gasteiger partial charge >= 0.3 is 0 Å². The van der Waals surface area contributed by atoms with E-state index in [1.54, 1.807) is 6.07 Å². The molecule has 0 aliphatic heterocycles. The first-order valence-electron chi connectivity index (χ1n) is 4.68. The molecule has 1 rings (SSSR count). The van der Waals surface area contributed by atoms with Gasteiger partial charge in [0, 0.05) is 6.61 Å². The molecule has 0 aliphatic carbocycles. The molecule has 0 saturated heterocycles. The van der Waals surface area contributed by atoms with Crippen LogP contribution in [-0.2, 0) is 0 Å². The molecule has 13 heavy (non-hydrogen) atoms. The molecule has 2 N–H and O–H groups in total. The Labute approximate surface area is 78.8 Å². The molecule has 1 aromatic carbocycles. The van der Waals surface area contributed by atoms with Crippen LogP contribution in [-0.4, -0.2) is 16.8 Å². The van der Waals surface area contributed by atoms with E-state index in [-0.39, 0.29) is 12.5 Å². The van der Waals surface area contributed by atoms with Crippen molar-refractivity contribution in [3.8, 4) is 5.75 Å². The van der Waals surface area contributed by atoms with Crippen LogP contribution in [0.4, 0.5) is 0 Å².